The second-order valence-corrected chi connectivity index (χ2v) is 8.13. The van der Waals surface area contributed by atoms with Gasteiger partial charge in [0.1, 0.15) is 0 Å². The van der Waals surface area contributed by atoms with E-state index >= 15 is 0 Å². The predicted octanol–water partition coefficient (Wildman–Crippen LogP) is 2.51. The predicted molar refractivity (Wildman–Crippen MR) is 97.5 cm³/mol. The van der Waals surface area contributed by atoms with Gasteiger partial charge in [-0.15, -0.1) is 0 Å². The van der Waals surface area contributed by atoms with Crippen LogP contribution in [0.1, 0.15) is 38.2 Å². The van der Waals surface area contributed by atoms with Gasteiger partial charge in [0.2, 0.25) is 5.91 Å². The number of nitrogens with zero attached hydrogens (tertiary/aromatic N) is 1. The molecule has 3 aliphatic rings. The fraction of sp³-hybridized carbons (Fsp3) is 0.619. The number of benzene rings is 1. The molecule has 0 N–H and O–H groups in total. The van der Waals surface area contributed by atoms with Crippen molar-refractivity contribution in [2.45, 2.75) is 51.0 Å². The summed E-state index contributed by atoms with van der Waals surface area (Å²) in [6.45, 7) is 3.85. The molecule has 27 heavy (non-hydrogen) atoms. The summed E-state index contributed by atoms with van der Waals surface area (Å²) in [6.07, 6.45) is 2.32. The molecule has 1 spiro atoms. The number of fused-ring (bicyclic) bond motifs is 1. The Kier molecular flexibility index (Phi) is 4.72. The number of methoxy groups -OCH3 is 1. The van der Waals surface area contributed by atoms with Gasteiger partial charge >= 0.3 is 5.97 Å². The first kappa shape index (κ1) is 18.4. The van der Waals surface area contributed by atoms with Crippen LogP contribution in [0.2, 0.25) is 0 Å². The monoisotopic (exact) mass is 373 g/mol. The van der Waals surface area contributed by atoms with Crippen molar-refractivity contribution in [1.29, 1.82) is 0 Å². The molecule has 1 aromatic rings. The molecule has 2 aliphatic heterocycles. The van der Waals surface area contributed by atoms with E-state index in [-0.39, 0.29) is 29.8 Å². The lowest BCUT2D eigenvalue weighted by Gasteiger charge is -2.47. The molecule has 146 valence electrons. The van der Waals surface area contributed by atoms with Crippen molar-refractivity contribution in [3.05, 3.63) is 35.9 Å². The minimum Gasteiger partial charge on any atom is -0.469 e. The Hall–Kier alpha value is -1.92. The summed E-state index contributed by atoms with van der Waals surface area (Å²) in [4.78, 5) is 27.4. The minimum atomic E-state index is -0.608. The van der Waals surface area contributed by atoms with Crippen molar-refractivity contribution in [1.82, 2.24) is 4.90 Å². The average molecular weight is 373 g/mol. The van der Waals surface area contributed by atoms with Crippen molar-refractivity contribution in [2.24, 2.45) is 11.3 Å². The standard InChI is InChI=1S/C21H27NO5/c1-20-14-21(26-10-11-27-21)9-8-17(20)22(13-15-6-4-3-5-7-15)19(24)16(20)12-18(23)25-2/h3-7,16-17H,8-14H2,1-2H3/t16-,17-,20+/m0/s1. The van der Waals surface area contributed by atoms with Crippen LogP contribution >= 0.6 is 0 Å². The zero-order chi connectivity index (χ0) is 19.1. The zero-order valence-corrected chi connectivity index (χ0v) is 16.0. The Morgan fingerprint density at radius 2 is 1.96 bits per heavy atom. The average Bonchev–Trinajstić information content (AvgIpc) is 3.19. The molecule has 0 radical (unpaired) electrons. The maximum atomic E-state index is 13.4. The Balaban J connectivity index is 1.65. The molecule has 1 saturated carbocycles. The molecule has 3 fully saturated rings. The Labute approximate surface area is 159 Å². The lowest BCUT2D eigenvalue weighted by atomic mass is 9.64. The van der Waals surface area contributed by atoms with Crippen molar-refractivity contribution in [3.8, 4) is 0 Å². The van der Waals surface area contributed by atoms with Crippen LogP contribution in [0.5, 0.6) is 0 Å². The van der Waals surface area contributed by atoms with Crippen LogP contribution in [-0.4, -0.2) is 48.9 Å². The highest BCUT2D eigenvalue weighted by Gasteiger charge is 2.62. The van der Waals surface area contributed by atoms with Crippen LogP contribution in [0, 0.1) is 11.3 Å². The third-order valence-electron chi connectivity index (χ3n) is 6.57. The summed E-state index contributed by atoms with van der Waals surface area (Å²) >= 11 is 0. The smallest absolute Gasteiger partial charge is 0.306 e. The van der Waals surface area contributed by atoms with E-state index < -0.39 is 11.7 Å². The zero-order valence-electron chi connectivity index (χ0n) is 16.0. The number of ether oxygens (including phenoxy) is 3. The van der Waals surface area contributed by atoms with Gasteiger partial charge in [0, 0.05) is 30.8 Å². The van der Waals surface area contributed by atoms with E-state index in [0.717, 1.165) is 18.4 Å². The number of amides is 1. The maximum absolute atomic E-state index is 13.4. The topological polar surface area (TPSA) is 65.1 Å². The van der Waals surface area contributed by atoms with Gasteiger partial charge in [0.15, 0.2) is 5.79 Å². The van der Waals surface area contributed by atoms with Crippen LogP contribution in [0.4, 0.5) is 0 Å². The molecular formula is C21H27NO5. The van der Waals surface area contributed by atoms with E-state index in [2.05, 4.69) is 6.92 Å². The number of hydrogen-bond donors (Lipinski definition) is 0. The van der Waals surface area contributed by atoms with Crippen LogP contribution in [-0.2, 0) is 30.3 Å². The maximum Gasteiger partial charge on any atom is 0.306 e. The van der Waals surface area contributed by atoms with Crippen LogP contribution in [0.15, 0.2) is 30.3 Å². The van der Waals surface area contributed by atoms with E-state index in [1.54, 1.807) is 0 Å². The van der Waals surface area contributed by atoms with Crippen molar-refractivity contribution < 1.29 is 23.8 Å². The van der Waals surface area contributed by atoms with Crippen LogP contribution < -0.4 is 0 Å². The Morgan fingerprint density at radius 1 is 1.26 bits per heavy atom. The molecule has 6 heteroatoms. The molecular weight excluding hydrogens is 346 g/mol. The molecule has 1 aromatic carbocycles. The molecule has 0 bridgehead atoms. The number of esters is 1. The summed E-state index contributed by atoms with van der Waals surface area (Å²) in [5.41, 5.74) is 0.711. The van der Waals surface area contributed by atoms with Gasteiger partial charge in [0.25, 0.3) is 0 Å². The molecule has 2 heterocycles. The van der Waals surface area contributed by atoms with Gasteiger partial charge in [-0.1, -0.05) is 37.3 Å². The summed E-state index contributed by atoms with van der Waals surface area (Å²) in [7, 11) is 1.37. The van der Waals surface area contributed by atoms with Gasteiger partial charge in [-0.2, -0.15) is 0 Å². The summed E-state index contributed by atoms with van der Waals surface area (Å²) in [5.74, 6) is -1.33. The number of likely N-dealkylation sites (tertiary alicyclic amines) is 1. The molecule has 3 atom stereocenters. The van der Waals surface area contributed by atoms with E-state index in [9.17, 15) is 9.59 Å². The van der Waals surface area contributed by atoms with E-state index in [4.69, 9.17) is 14.2 Å². The molecule has 1 amide bonds. The summed E-state index contributed by atoms with van der Waals surface area (Å²) in [5, 5.41) is 0. The van der Waals surface area contributed by atoms with E-state index in [1.807, 2.05) is 35.2 Å². The van der Waals surface area contributed by atoms with Gasteiger partial charge < -0.3 is 19.1 Å². The fourth-order valence-corrected chi connectivity index (χ4v) is 5.26. The summed E-state index contributed by atoms with van der Waals surface area (Å²) in [6, 6.07) is 10.1. The van der Waals surface area contributed by atoms with Crippen LogP contribution in [0.3, 0.4) is 0 Å². The number of hydrogen-bond acceptors (Lipinski definition) is 5. The number of rotatable bonds is 4. The highest BCUT2D eigenvalue weighted by atomic mass is 16.7. The molecule has 0 aromatic heterocycles. The van der Waals surface area contributed by atoms with Crippen LogP contribution in [0.25, 0.3) is 0 Å². The third kappa shape index (κ3) is 3.15. The molecule has 6 nitrogen and oxygen atoms in total. The second kappa shape index (κ2) is 6.91. The Bertz CT molecular complexity index is 715. The van der Waals surface area contributed by atoms with Crippen molar-refractivity contribution in [2.75, 3.05) is 20.3 Å². The van der Waals surface area contributed by atoms with E-state index in [1.165, 1.54) is 7.11 Å². The van der Waals surface area contributed by atoms with E-state index in [0.29, 0.717) is 26.2 Å². The van der Waals surface area contributed by atoms with Gasteiger partial charge in [-0.05, 0) is 12.0 Å². The first-order chi connectivity index (χ1) is 13.0. The first-order valence-electron chi connectivity index (χ1n) is 9.67. The second-order valence-electron chi connectivity index (χ2n) is 8.13. The van der Waals surface area contributed by atoms with Gasteiger partial charge in [-0.25, -0.2) is 0 Å². The largest absolute Gasteiger partial charge is 0.469 e. The number of carbonyl (C=O) groups excluding carboxylic acids is 2. The molecule has 2 saturated heterocycles. The van der Waals surface area contributed by atoms with Crippen molar-refractivity contribution >= 4 is 11.9 Å². The van der Waals surface area contributed by atoms with Gasteiger partial charge in [-0.3, -0.25) is 9.59 Å². The Morgan fingerprint density at radius 3 is 2.63 bits per heavy atom. The lowest BCUT2D eigenvalue weighted by Crippen LogP contribution is -2.51. The normalized spacial score (nSPS) is 31.9. The highest BCUT2D eigenvalue weighted by Crippen LogP contribution is 2.56. The minimum absolute atomic E-state index is 0.0341. The summed E-state index contributed by atoms with van der Waals surface area (Å²) < 4.78 is 16.8. The quantitative estimate of drug-likeness (QED) is 0.759. The number of carbonyl (C=O) groups is 2. The highest BCUT2D eigenvalue weighted by molar-refractivity contribution is 5.87. The van der Waals surface area contributed by atoms with Crippen molar-refractivity contribution in [3.63, 3.8) is 0 Å². The third-order valence-corrected chi connectivity index (χ3v) is 6.57. The van der Waals surface area contributed by atoms with Gasteiger partial charge in [0.05, 0.1) is 32.7 Å². The lowest BCUT2D eigenvalue weighted by molar-refractivity contribution is -0.210. The first-order valence-corrected chi connectivity index (χ1v) is 9.67. The SMILES string of the molecule is COC(=O)C[C@H]1C(=O)N(Cc2ccccc2)[C@H]2CCC3(C[C@@]21C)OCCO3. The fourth-order valence-electron chi connectivity index (χ4n) is 5.26. The molecule has 1 aliphatic carbocycles. The molecule has 4 rings (SSSR count). The molecule has 0 unspecified atom stereocenters.